The third-order valence-electron chi connectivity index (χ3n) is 6.21. The molecule has 8 heteroatoms. The van der Waals surface area contributed by atoms with Crippen LogP contribution in [0.1, 0.15) is 18.4 Å². The van der Waals surface area contributed by atoms with Crippen LogP contribution in [0.3, 0.4) is 0 Å². The monoisotopic (exact) mass is 477 g/mol. The molecular formula is C26H27N3O4S. The molecule has 1 fully saturated rings. The number of nitrogens with zero attached hydrogens (tertiary/aromatic N) is 2. The Hall–Kier alpha value is -3.52. The quantitative estimate of drug-likeness (QED) is 0.596. The zero-order valence-electron chi connectivity index (χ0n) is 19.0. The van der Waals surface area contributed by atoms with Crippen LogP contribution in [0.2, 0.25) is 0 Å². The highest BCUT2D eigenvalue weighted by atomic mass is 32.2. The largest absolute Gasteiger partial charge is 0.476 e. The number of fused-ring (bicyclic) bond motifs is 1. The number of benzene rings is 3. The second kappa shape index (κ2) is 9.02. The van der Waals surface area contributed by atoms with Gasteiger partial charge in [-0.25, -0.2) is 8.42 Å². The minimum atomic E-state index is -3.87. The Morgan fingerprint density at radius 1 is 0.971 bits per heavy atom. The first-order valence-corrected chi connectivity index (χ1v) is 12.9. The van der Waals surface area contributed by atoms with Crippen LogP contribution in [0.5, 0.6) is 5.75 Å². The predicted octanol–water partition coefficient (Wildman–Crippen LogP) is 4.19. The number of amides is 1. The molecule has 1 saturated heterocycles. The number of carbonyl (C=O) groups is 1. The van der Waals surface area contributed by atoms with Gasteiger partial charge in [-0.3, -0.25) is 9.10 Å². The maximum atomic E-state index is 13.5. The second-order valence-electron chi connectivity index (χ2n) is 8.66. The van der Waals surface area contributed by atoms with Gasteiger partial charge < -0.3 is 15.0 Å². The highest BCUT2D eigenvalue weighted by Gasteiger charge is 2.37. The molecular weight excluding hydrogens is 450 g/mol. The molecule has 3 aromatic rings. The molecule has 0 radical (unpaired) electrons. The molecule has 3 aromatic carbocycles. The normalized spacial score (nSPS) is 17.7. The number of hydrogen-bond donors (Lipinski definition) is 1. The van der Waals surface area contributed by atoms with Crippen LogP contribution in [0.4, 0.5) is 17.1 Å². The molecule has 1 N–H and O–H groups in total. The van der Waals surface area contributed by atoms with Gasteiger partial charge in [-0.1, -0.05) is 24.3 Å². The van der Waals surface area contributed by atoms with Crippen molar-refractivity contribution in [3.05, 3.63) is 78.4 Å². The summed E-state index contributed by atoms with van der Waals surface area (Å²) < 4.78 is 34.2. The van der Waals surface area contributed by atoms with E-state index in [4.69, 9.17) is 4.74 Å². The van der Waals surface area contributed by atoms with Crippen molar-refractivity contribution in [3.63, 3.8) is 0 Å². The highest BCUT2D eigenvalue weighted by Crippen LogP contribution is 2.38. The van der Waals surface area contributed by atoms with E-state index in [2.05, 4.69) is 10.2 Å². The van der Waals surface area contributed by atoms with Gasteiger partial charge in [0, 0.05) is 24.5 Å². The summed E-state index contributed by atoms with van der Waals surface area (Å²) in [5, 5.41) is 2.88. The van der Waals surface area contributed by atoms with Crippen molar-refractivity contribution < 1.29 is 17.9 Å². The summed E-state index contributed by atoms with van der Waals surface area (Å²) in [5.74, 6) is -0.0235. The maximum Gasteiger partial charge on any atom is 0.267 e. The molecule has 1 atom stereocenters. The van der Waals surface area contributed by atoms with Crippen LogP contribution >= 0.6 is 0 Å². The van der Waals surface area contributed by atoms with Gasteiger partial charge in [0.25, 0.3) is 15.9 Å². The van der Waals surface area contributed by atoms with Crippen molar-refractivity contribution in [2.45, 2.75) is 30.8 Å². The SMILES string of the molecule is Cc1ccc2c(c1)OC(C(=O)Nc1ccc(N3CCCC3)cc1)CN2S(=O)(=O)c1ccccc1. The molecule has 34 heavy (non-hydrogen) atoms. The van der Waals surface area contributed by atoms with E-state index in [-0.39, 0.29) is 11.4 Å². The fourth-order valence-electron chi connectivity index (χ4n) is 4.40. The standard InChI is InChI=1S/C26H27N3O4S/c1-19-9-14-23-24(17-19)33-25(18-29(23)34(31,32)22-7-3-2-4-8-22)26(30)27-20-10-12-21(13-11-20)28-15-5-6-16-28/h2-4,7-14,17,25H,5-6,15-16,18H2,1H3,(H,27,30). The lowest BCUT2D eigenvalue weighted by Gasteiger charge is -2.35. The van der Waals surface area contributed by atoms with Crippen LogP contribution in [0.15, 0.2) is 77.7 Å². The molecule has 1 unspecified atom stereocenters. The zero-order valence-corrected chi connectivity index (χ0v) is 19.8. The van der Waals surface area contributed by atoms with Crippen molar-refractivity contribution in [2.75, 3.05) is 34.2 Å². The van der Waals surface area contributed by atoms with Crippen LogP contribution in [-0.4, -0.2) is 40.1 Å². The van der Waals surface area contributed by atoms with E-state index < -0.39 is 22.0 Å². The lowest BCUT2D eigenvalue weighted by molar-refractivity contribution is -0.122. The van der Waals surface area contributed by atoms with Crippen LogP contribution in [-0.2, 0) is 14.8 Å². The van der Waals surface area contributed by atoms with Crippen molar-refractivity contribution in [2.24, 2.45) is 0 Å². The summed E-state index contributed by atoms with van der Waals surface area (Å²) in [5.41, 5.74) is 3.11. The lowest BCUT2D eigenvalue weighted by atomic mass is 10.1. The third kappa shape index (κ3) is 4.33. The Morgan fingerprint density at radius 3 is 2.38 bits per heavy atom. The molecule has 176 valence electrons. The minimum absolute atomic E-state index is 0.120. The Kier molecular flexibility index (Phi) is 5.91. The number of anilines is 3. The van der Waals surface area contributed by atoms with Gasteiger partial charge in [-0.15, -0.1) is 0 Å². The van der Waals surface area contributed by atoms with Gasteiger partial charge >= 0.3 is 0 Å². The molecule has 2 aliphatic heterocycles. The van der Waals surface area contributed by atoms with Gasteiger partial charge in [0.2, 0.25) is 0 Å². The smallest absolute Gasteiger partial charge is 0.267 e. The molecule has 0 bridgehead atoms. The molecule has 0 aliphatic carbocycles. The number of aryl methyl sites for hydroxylation is 1. The molecule has 0 saturated carbocycles. The summed E-state index contributed by atoms with van der Waals surface area (Å²) in [7, 11) is -3.87. The summed E-state index contributed by atoms with van der Waals surface area (Å²) in [6.45, 7) is 3.87. The summed E-state index contributed by atoms with van der Waals surface area (Å²) >= 11 is 0. The van der Waals surface area contributed by atoms with Crippen molar-refractivity contribution in [1.82, 2.24) is 0 Å². The molecule has 2 aliphatic rings. The summed E-state index contributed by atoms with van der Waals surface area (Å²) in [6.07, 6.45) is 1.40. The molecule has 1 amide bonds. The van der Waals surface area contributed by atoms with Crippen molar-refractivity contribution in [3.8, 4) is 5.75 Å². The van der Waals surface area contributed by atoms with Crippen molar-refractivity contribution in [1.29, 1.82) is 0 Å². The number of hydrogen-bond acceptors (Lipinski definition) is 5. The van der Waals surface area contributed by atoms with E-state index in [0.29, 0.717) is 17.1 Å². The maximum absolute atomic E-state index is 13.5. The fraction of sp³-hybridized carbons (Fsp3) is 0.269. The van der Waals surface area contributed by atoms with Gasteiger partial charge in [0.1, 0.15) is 5.75 Å². The lowest BCUT2D eigenvalue weighted by Crippen LogP contribution is -2.48. The third-order valence-corrected chi connectivity index (χ3v) is 8.01. The zero-order chi connectivity index (χ0) is 23.7. The summed E-state index contributed by atoms with van der Waals surface area (Å²) in [4.78, 5) is 15.6. The Morgan fingerprint density at radius 2 is 1.68 bits per heavy atom. The molecule has 0 spiro atoms. The minimum Gasteiger partial charge on any atom is -0.476 e. The fourth-order valence-corrected chi connectivity index (χ4v) is 5.90. The number of nitrogens with one attached hydrogen (secondary N) is 1. The van der Waals surface area contributed by atoms with E-state index in [1.807, 2.05) is 37.3 Å². The van der Waals surface area contributed by atoms with Gasteiger partial charge in [0.05, 0.1) is 17.1 Å². The van der Waals surface area contributed by atoms with E-state index >= 15 is 0 Å². The predicted molar refractivity (Wildman–Crippen MR) is 133 cm³/mol. The van der Waals surface area contributed by atoms with E-state index in [9.17, 15) is 13.2 Å². The molecule has 2 heterocycles. The van der Waals surface area contributed by atoms with E-state index in [1.165, 1.54) is 17.1 Å². The summed E-state index contributed by atoms with van der Waals surface area (Å²) in [6, 6.07) is 21.3. The van der Waals surface area contributed by atoms with E-state index in [1.54, 1.807) is 42.5 Å². The van der Waals surface area contributed by atoms with Crippen LogP contribution < -0.4 is 19.3 Å². The highest BCUT2D eigenvalue weighted by molar-refractivity contribution is 7.92. The van der Waals surface area contributed by atoms with Crippen LogP contribution in [0.25, 0.3) is 0 Å². The first kappa shape index (κ1) is 22.3. The van der Waals surface area contributed by atoms with Gasteiger partial charge in [-0.2, -0.15) is 0 Å². The number of carbonyl (C=O) groups excluding carboxylic acids is 1. The average Bonchev–Trinajstić information content (AvgIpc) is 3.39. The van der Waals surface area contributed by atoms with Gasteiger partial charge in [-0.05, 0) is 73.9 Å². The molecule has 0 aromatic heterocycles. The number of rotatable bonds is 5. The first-order chi connectivity index (χ1) is 16.4. The van der Waals surface area contributed by atoms with Crippen molar-refractivity contribution >= 4 is 33.0 Å². The van der Waals surface area contributed by atoms with E-state index in [0.717, 1.165) is 24.3 Å². The number of sulfonamides is 1. The van der Waals surface area contributed by atoms with Crippen LogP contribution in [0, 0.1) is 6.92 Å². The Bertz CT molecular complexity index is 1290. The Labute approximate surface area is 200 Å². The van der Waals surface area contributed by atoms with Gasteiger partial charge in [0.15, 0.2) is 6.10 Å². The topological polar surface area (TPSA) is 79.0 Å². The average molecular weight is 478 g/mol. The first-order valence-electron chi connectivity index (χ1n) is 11.4. The Balaban J connectivity index is 1.39. The number of ether oxygens (including phenoxy) is 1. The molecule has 5 rings (SSSR count). The molecule has 7 nitrogen and oxygen atoms in total. The second-order valence-corrected chi connectivity index (χ2v) is 10.5.